The van der Waals surface area contributed by atoms with Crippen molar-refractivity contribution in [3.8, 4) is 5.75 Å². The highest BCUT2D eigenvalue weighted by molar-refractivity contribution is 5.76. The van der Waals surface area contributed by atoms with E-state index in [-0.39, 0.29) is 28.9 Å². The van der Waals surface area contributed by atoms with Crippen LogP contribution in [0.1, 0.15) is 59.1 Å². The van der Waals surface area contributed by atoms with Crippen LogP contribution in [-0.4, -0.2) is 31.8 Å². The standard InChI is InChI=1S/C20H31NO3/c1-19(2,3)13-8-9-17(15(10-13)20(4,5)6)24-14-11-16(21-12-14)18(22)23-7/h8-10,14,16,21H,11-12H2,1-7H3/t14-,16-/m0/s1. The number of ether oxygens (including phenoxy) is 2. The highest BCUT2D eigenvalue weighted by Gasteiger charge is 2.32. The Morgan fingerprint density at radius 1 is 1.12 bits per heavy atom. The van der Waals surface area contributed by atoms with E-state index < -0.39 is 0 Å². The zero-order valence-corrected chi connectivity index (χ0v) is 16.0. The Hall–Kier alpha value is -1.55. The van der Waals surface area contributed by atoms with Crippen LogP contribution in [-0.2, 0) is 20.4 Å². The van der Waals surface area contributed by atoms with Gasteiger partial charge in [-0.1, -0.05) is 53.7 Å². The van der Waals surface area contributed by atoms with Crippen LogP contribution in [0.25, 0.3) is 0 Å². The van der Waals surface area contributed by atoms with Crippen molar-refractivity contribution in [3.63, 3.8) is 0 Å². The van der Waals surface area contributed by atoms with Gasteiger partial charge in [-0.05, 0) is 28.0 Å². The van der Waals surface area contributed by atoms with E-state index in [2.05, 4.69) is 65.1 Å². The lowest BCUT2D eigenvalue weighted by Crippen LogP contribution is -2.31. The first-order chi connectivity index (χ1) is 11.0. The molecule has 1 saturated heterocycles. The van der Waals surface area contributed by atoms with E-state index in [0.717, 1.165) is 5.75 Å². The smallest absolute Gasteiger partial charge is 0.323 e. The third-order valence-electron chi connectivity index (χ3n) is 4.52. The highest BCUT2D eigenvalue weighted by Crippen LogP contribution is 2.36. The number of hydrogen-bond donors (Lipinski definition) is 1. The fraction of sp³-hybridized carbons (Fsp3) is 0.650. The fourth-order valence-electron chi connectivity index (χ4n) is 2.98. The van der Waals surface area contributed by atoms with Gasteiger partial charge < -0.3 is 14.8 Å². The van der Waals surface area contributed by atoms with Crippen molar-refractivity contribution in [1.82, 2.24) is 5.32 Å². The number of carbonyl (C=O) groups excluding carboxylic acids is 1. The number of rotatable bonds is 3. The molecule has 1 heterocycles. The second-order valence-electron chi connectivity index (χ2n) is 8.67. The summed E-state index contributed by atoms with van der Waals surface area (Å²) < 4.78 is 11.1. The minimum atomic E-state index is -0.271. The van der Waals surface area contributed by atoms with Crippen molar-refractivity contribution in [2.75, 3.05) is 13.7 Å². The lowest BCUT2D eigenvalue weighted by Gasteiger charge is -2.28. The molecule has 1 N–H and O–H groups in total. The van der Waals surface area contributed by atoms with Gasteiger partial charge in [0.15, 0.2) is 0 Å². The zero-order valence-electron chi connectivity index (χ0n) is 16.0. The highest BCUT2D eigenvalue weighted by atomic mass is 16.5. The van der Waals surface area contributed by atoms with Crippen molar-refractivity contribution in [2.45, 2.75) is 70.9 Å². The van der Waals surface area contributed by atoms with Gasteiger partial charge in [-0.15, -0.1) is 0 Å². The van der Waals surface area contributed by atoms with Crippen LogP contribution >= 0.6 is 0 Å². The third kappa shape index (κ3) is 4.29. The van der Waals surface area contributed by atoms with Crippen LogP contribution in [0.3, 0.4) is 0 Å². The van der Waals surface area contributed by atoms with Crippen molar-refractivity contribution in [1.29, 1.82) is 0 Å². The first-order valence-electron chi connectivity index (χ1n) is 8.65. The summed E-state index contributed by atoms with van der Waals surface area (Å²) >= 11 is 0. The third-order valence-corrected chi connectivity index (χ3v) is 4.52. The van der Waals surface area contributed by atoms with Gasteiger partial charge in [0.25, 0.3) is 0 Å². The second-order valence-corrected chi connectivity index (χ2v) is 8.67. The monoisotopic (exact) mass is 333 g/mol. The molecule has 1 aliphatic rings. The minimum Gasteiger partial charge on any atom is -0.489 e. The Kier molecular flexibility index (Phi) is 5.28. The van der Waals surface area contributed by atoms with E-state index in [9.17, 15) is 4.79 Å². The second kappa shape index (κ2) is 6.75. The van der Waals surface area contributed by atoms with Crippen LogP contribution < -0.4 is 10.1 Å². The normalized spacial score (nSPS) is 21.6. The number of nitrogens with one attached hydrogen (secondary N) is 1. The summed E-state index contributed by atoms with van der Waals surface area (Å²) in [6.45, 7) is 13.9. The predicted octanol–water partition coefficient (Wildman–Crippen LogP) is 3.56. The molecule has 0 bridgehead atoms. The topological polar surface area (TPSA) is 47.6 Å². The van der Waals surface area contributed by atoms with Crippen molar-refractivity contribution >= 4 is 5.97 Å². The molecule has 0 amide bonds. The molecule has 1 aromatic rings. The lowest BCUT2D eigenvalue weighted by atomic mass is 9.80. The average Bonchev–Trinajstić information content (AvgIpc) is 2.93. The van der Waals surface area contributed by atoms with E-state index >= 15 is 0 Å². The largest absolute Gasteiger partial charge is 0.489 e. The number of methoxy groups -OCH3 is 1. The molecule has 134 valence electrons. The summed E-state index contributed by atoms with van der Waals surface area (Å²) in [4.78, 5) is 11.7. The molecule has 0 unspecified atom stereocenters. The summed E-state index contributed by atoms with van der Waals surface area (Å²) in [5.74, 6) is 0.688. The van der Waals surface area contributed by atoms with E-state index in [1.54, 1.807) is 0 Å². The van der Waals surface area contributed by atoms with E-state index in [1.165, 1.54) is 18.2 Å². The number of hydrogen-bond acceptors (Lipinski definition) is 4. The Morgan fingerprint density at radius 2 is 1.79 bits per heavy atom. The SMILES string of the molecule is COC(=O)[C@@H]1C[C@H](Oc2ccc(C(C)(C)C)cc2C(C)(C)C)CN1. The van der Waals surface area contributed by atoms with Gasteiger partial charge in [0, 0.05) is 13.0 Å². The number of benzene rings is 1. The maximum atomic E-state index is 11.7. The summed E-state index contributed by atoms with van der Waals surface area (Å²) in [6.07, 6.45) is 0.618. The minimum absolute atomic E-state index is 0.00955. The van der Waals surface area contributed by atoms with Crippen molar-refractivity contribution in [3.05, 3.63) is 29.3 Å². The summed E-state index contributed by atoms with van der Waals surface area (Å²) in [5, 5.41) is 3.17. The lowest BCUT2D eigenvalue weighted by molar-refractivity contribution is -0.142. The van der Waals surface area contributed by atoms with Gasteiger partial charge in [-0.2, -0.15) is 0 Å². The molecule has 1 aromatic carbocycles. The van der Waals surface area contributed by atoms with Gasteiger partial charge in [0.2, 0.25) is 0 Å². The molecule has 0 aromatic heterocycles. The molecule has 1 fully saturated rings. The van der Waals surface area contributed by atoms with Gasteiger partial charge >= 0.3 is 5.97 Å². The molecule has 4 heteroatoms. The summed E-state index contributed by atoms with van der Waals surface area (Å²) in [7, 11) is 1.42. The van der Waals surface area contributed by atoms with Gasteiger partial charge in [0.05, 0.1) is 7.11 Å². The first-order valence-corrected chi connectivity index (χ1v) is 8.65. The Labute approximate surface area is 145 Å². The van der Waals surface area contributed by atoms with E-state index in [0.29, 0.717) is 13.0 Å². The molecule has 24 heavy (non-hydrogen) atoms. The Morgan fingerprint density at radius 3 is 2.33 bits per heavy atom. The van der Waals surface area contributed by atoms with Crippen LogP contribution in [0.4, 0.5) is 0 Å². The zero-order chi connectivity index (χ0) is 18.1. The molecule has 0 radical (unpaired) electrons. The predicted molar refractivity (Wildman–Crippen MR) is 96.7 cm³/mol. The molecule has 0 aliphatic carbocycles. The van der Waals surface area contributed by atoms with Gasteiger partial charge in [0.1, 0.15) is 17.9 Å². The van der Waals surface area contributed by atoms with Crippen LogP contribution in [0.5, 0.6) is 5.75 Å². The van der Waals surface area contributed by atoms with Crippen molar-refractivity contribution in [2.24, 2.45) is 0 Å². The molecule has 1 aliphatic heterocycles. The maximum absolute atomic E-state index is 11.7. The molecule has 2 atom stereocenters. The summed E-state index contributed by atoms with van der Waals surface area (Å²) in [6, 6.07) is 6.21. The fourth-order valence-corrected chi connectivity index (χ4v) is 2.98. The van der Waals surface area contributed by atoms with Crippen LogP contribution in [0, 0.1) is 0 Å². The van der Waals surface area contributed by atoms with Crippen LogP contribution in [0.2, 0.25) is 0 Å². The molecular formula is C20H31NO3. The molecule has 0 spiro atoms. The first kappa shape index (κ1) is 18.8. The number of esters is 1. The quantitative estimate of drug-likeness (QED) is 0.859. The molecule has 2 rings (SSSR count). The maximum Gasteiger partial charge on any atom is 0.323 e. The Balaban J connectivity index is 2.23. The molecule has 4 nitrogen and oxygen atoms in total. The Bertz CT molecular complexity index is 596. The van der Waals surface area contributed by atoms with Crippen LogP contribution in [0.15, 0.2) is 18.2 Å². The van der Waals surface area contributed by atoms with Crippen molar-refractivity contribution < 1.29 is 14.3 Å². The average molecular weight is 333 g/mol. The molecule has 0 saturated carbocycles. The van der Waals surface area contributed by atoms with Gasteiger partial charge in [-0.3, -0.25) is 4.79 Å². The van der Waals surface area contributed by atoms with Gasteiger partial charge in [-0.25, -0.2) is 0 Å². The summed E-state index contributed by atoms with van der Waals surface area (Å²) in [5.41, 5.74) is 2.60. The number of carbonyl (C=O) groups is 1. The van der Waals surface area contributed by atoms with E-state index in [1.807, 2.05) is 0 Å². The van der Waals surface area contributed by atoms with E-state index in [4.69, 9.17) is 9.47 Å². The molecular weight excluding hydrogens is 302 g/mol.